The van der Waals surface area contributed by atoms with Crippen LogP contribution in [-0.4, -0.2) is 98.3 Å². The van der Waals surface area contributed by atoms with E-state index >= 15 is 0 Å². The summed E-state index contributed by atoms with van der Waals surface area (Å²) < 4.78 is 56.4. The Morgan fingerprint density at radius 1 is 0.938 bits per heavy atom. The molecule has 11 nitrogen and oxygen atoms in total. The number of carbonyl (C=O) groups excluding carboxylic acids is 2. The molecule has 2 aromatic rings. The first-order chi connectivity index (χ1) is 23.2. The van der Waals surface area contributed by atoms with Crippen molar-refractivity contribution in [1.82, 2.24) is 19.8 Å². The van der Waals surface area contributed by atoms with Crippen molar-refractivity contribution in [3.05, 3.63) is 35.5 Å². The molecule has 1 aliphatic carbocycles. The molecule has 1 aliphatic heterocycles. The van der Waals surface area contributed by atoms with Gasteiger partial charge in [0.1, 0.15) is 17.1 Å². The van der Waals surface area contributed by atoms with Gasteiger partial charge in [-0.05, 0) is 43.4 Å². The van der Waals surface area contributed by atoms with Gasteiger partial charge in [0.05, 0.1) is 26.0 Å². The highest BCUT2D eigenvalue weighted by atomic mass is 19.4. The van der Waals surface area contributed by atoms with Crippen molar-refractivity contribution in [2.24, 2.45) is 5.92 Å². The normalized spacial score (nSPS) is 15.5. The number of anilines is 3. The molecule has 1 saturated heterocycles. The number of benzene rings is 1. The predicted molar refractivity (Wildman–Crippen MR) is 177 cm³/mol. The van der Waals surface area contributed by atoms with E-state index in [1.54, 1.807) is 23.1 Å². The number of nitrogens with zero attached hydrogens (tertiary/aromatic N) is 4. The van der Waals surface area contributed by atoms with Gasteiger partial charge in [-0.1, -0.05) is 38.5 Å². The standard InChI is InChI=1S/C34H49F3N6O5/c1-38-31-27(34(35,36)37)24-39-33(41-31)40-28-13-12-26(23-29(28)46-2)32(45)43-17-15-42(16-18-43)30(44)11-5-3-4-8-19-47-21-22-48-20-14-25-9-6-7-10-25/h12-13,23-25H,3-11,14-22H2,1-2H3,(H2,38,39,40,41). The second kappa shape index (κ2) is 18.8. The molecule has 0 atom stereocenters. The van der Waals surface area contributed by atoms with E-state index in [2.05, 4.69) is 20.6 Å². The van der Waals surface area contributed by atoms with Gasteiger partial charge in [0.2, 0.25) is 11.9 Å². The van der Waals surface area contributed by atoms with Crippen molar-refractivity contribution in [1.29, 1.82) is 0 Å². The minimum atomic E-state index is -4.60. The Morgan fingerprint density at radius 2 is 1.62 bits per heavy atom. The van der Waals surface area contributed by atoms with Crippen molar-refractivity contribution >= 4 is 29.3 Å². The first-order valence-corrected chi connectivity index (χ1v) is 17.0. The number of aromatic nitrogens is 2. The quantitative estimate of drug-likeness (QED) is 0.179. The molecule has 14 heteroatoms. The van der Waals surface area contributed by atoms with Crippen LogP contribution in [0.3, 0.4) is 0 Å². The number of rotatable bonds is 18. The van der Waals surface area contributed by atoms with Crippen molar-refractivity contribution in [3.63, 3.8) is 0 Å². The SMILES string of the molecule is CNc1nc(Nc2ccc(C(=O)N3CCN(C(=O)CCCCCCOCCOCCC4CCCC4)CC3)cc2OC)ncc1C(F)(F)F. The average molecular weight is 679 g/mol. The molecule has 0 unspecified atom stereocenters. The minimum Gasteiger partial charge on any atom is -0.495 e. The van der Waals surface area contributed by atoms with E-state index in [-0.39, 0.29) is 23.6 Å². The molecular weight excluding hydrogens is 629 g/mol. The molecule has 0 bridgehead atoms. The number of nitrogens with one attached hydrogen (secondary N) is 2. The van der Waals surface area contributed by atoms with Gasteiger partial charge in [-0.15, -0.1) is 0 Å². The number of hydrogen-bond acceptors (Lipinski definition) is 9. The predicted octanol–water partition coefficient (Wildman–Crippen LogP) is 6.14. The van der Waals surface area contributed by atoms with Crippen LogP contribution < -0.4 is 15.4 Å². The highest BCUT2D eigenvalue weighted by Crippen LogP contribution is 2.35. The third-order valence-electron chi connectivity index (χ3n) is 8.89. The fourth-order valence-corrected chi connectivity index (χ4v) is 6.09. The Bertz CT molecular complexity index is 1320. The topological polar surface area (TPSA) is 118 Å². The Morgan fingerprint density at radius 3 is 2.31 bits per heavy atom. The highest BCUT2D eigenvalue weighted by molar-refractivity contribution is 5.95. The number of methoxy groups -OCH3 is 1. The first kappa shape index (κ1) is 37.2. The highest BCUT2D eigenvalue weighted by Gasteiger charge is 2.35. The molecule has 2 aliphatic rings. The van der Waals surface area contributed by atoms with E-state index in [1.807, 2.05) is 4.90 Å². The van der Waals surface area contributed by atoms with Crippen LogP contribution in [0.15, 0.2) is 24.4 Å². The lowest BCUT2D eigenvalue weighted by Gasteiger charge is -2.35. The summed E-state index contributed by atoms with van der Waals surface area (Å²) in [6, 6.07) is 4.75. The van der Waals surface area contributed by atoms with Crippen molar-refractivity contribution in [3.8, 4) is 5.75 Å². The van der Waals surface area contributed by atoms with Gasteiger partial charge in [0.15, 0.2) is 0 Å². The zero-order valence-corrected chi connectivity index (χ0v) is 28.1. The summed E-state index contributed by atoms with van der Waals surface area (Å²) in [4.78, 5) is 37.2. The minimum absolute atomic E-state index is 0.0691. The number of halogens is 3. The smallest absolute Gasteiger partial charge is 0.421 e. The molecule has 1 aromatic heterocycles. The van der Waals surface area contributed by atoms with Crippen LogP contribution in [0, 0.1) is 5.92 Å². The van der Waals surface area contributed by atoms with E-state index in [1.165, 1.54) is 46.3 Å². The lowest BCUT2D eigenvalue weighted by molar-refractivity contribution is -0.137. The number of ether oxygens (including phenoxy) is 3. The van der Waals surface area contributed by atoms with Crippen molar-refractivity contribution in [2.45, 2.75) is 70.4 Å². The molecule has 2 fully saturated rings. The van der Waals surface area contributed by atoms with E-state index < -0.39 is 11.7 Å². The number of hydrogen-bond donors (Lipinski definition) is 2. The molecule has 4 rings (SSSR count). The van der Waals surface area contributed by atoms with Gasteiger partial charge in [0, 0.05) is 64.6 Å². The van der Waals surface area contributed by atoms with Crippen LogP contribution in [0.25, 0.3) is 0 Å². The van der Waals surface area contributed by atoms with Crippen LogP contribution in [-0.2, 0) is 20.4 Å². The molecule has 48 heavy (non-hydrogen) atoms. The average Bonchev–Trinajstić information content (AvgIpc) is 3.61. The van der Waals surface area contributed by atoms with Gasteiger partial charge in [-0.2, -0.15) is 18.2 Å². The third-order valence-corrected chi connectivity index (χ3v) is 8.89. The van der Waals surface area contributed by atoms with Gasteiger partial charge < -0.3 is 34.6 Å². The summed E-state index contributed by atoms with van der Waals surface area (Å²) in [5, 5.41) is 5.29. The maximum absolute atomic E-state index is 13.3. The van der Waals surface area contributed by atoms with Gasteiger partial charge >= 0.3 is 6.18 Å². The first-order valence-electron chi connectivity index (χ1n) is 17.0. The number of piperazine rings is 1. The fraction of sp³-hybridized carbons (Fsp3) is 0.647. The lowest BCUT2D eigenvalue weighted by Crippen LogP contribution is -2.50. The Hall–Kier alpha value is -3.65. The summed E-state index contributed by atoms with van der Waals surface area (Å²) in [6.07, 6.45) is 7.00. The van der Waals surface area contributed by atoms with Crippen LogP contribution >= 0.6 is 0 Å². The largest absolute Gasteiger partial charge is 0.495 e. The van der Waals surface area contributed by atoms with Crippen molar-refractivity contribution in [2.75, 3.05) is 77.4 Å². The molecule has 2 amide bonds. The maximum atomic E-state index is 13.3. The Labute approximate surface area is 280 Å². The Balaban J connectivity index is 1.11. The van der Waals surface area contributed by atoms with E-state index in [9.17, 15) is 22.8 Å². The molecule has 1 saturated carbocycles. The lowest BCUT2D eigenvalue weighted by atomic mass is 10.1. The number of carbonyl (C=O) groups is 2. The summed E-state index contributed by atoms with van der Waals surface area (Å²) in [7, 11) is 2.77. The van der Waals surface area contributed by atoms with Crippen LogP contribution in [0.1, 0.15) is 80.1 Å². The molecule has 2 N–H and O–H groups in total. The number of unbranched alkanes of at least 4 members (excludes halogenated alkanes) is 3. The molecule has 1 aromatic carbocycles. The molecular formula is C34H49F3N6O5. The van der Waals surface area contributed by atoms with E-state index in [0.29, 0.717) is 75.6 Å². The summed E-state index contributed by atoms with van der Waals surface area (Å²) >= 11 is 0. The van der Waals surface area contributed by atoms with Gasteiger partial charge in [-0.3, -0.25) is 9.59 Å². The van der Waals surface area contributed by atoms with Crippen LogP contribution in [0.5, 0.6) is 5.75 Å². The zero-order valence-electron chi connectivity index (χ0n) is 28.1. The summed E-state index contributed by atoms with van der Waals surface area (Å²) in [5.74, 6) is 0.626. The zero-order chi connectivity index (χ0) is 34.4. The number of amides is 2. The Kier molecular flexibility index (Phi) is 14.5. The third kappa shape index (κ3) is 11.2. The fourth-order valence-electron chi connectivity index (χ4n) is 6.09. The number of alkyl halides is 3. The molecule has 0 radical (unpaired) electrons. The maximum Gasteiger partial charge on any atom is 0.421 e. The molecule has 266 valence electrons. The van der Waals surface area contributed by atoms with Crippen LogP contribution in [0.2, 0.25) is 0 Å². The van der Waals surface area contributed by atoms with Gasteiger partial charge in [0.25, 0.3) is 5.91 Å². The molecule has 0 spiro atoms. The summed E-state index contributed by atoms with van der Waals surface area (Å²) in [6.45, 7) is 4.61. The molecule has 2 heterocycles. The van der Waals surface area contributed by atoms with E-state index in [0.717, 1.165) is 38.2 Å². The van der Waals surface area contributed by atoms with Crippen molar-refractivity contribution < 1.29 is 37.0 Å². The van der Waals surface area contributed by atoms with E-state index in [4.69, 9.17) is 14.2 Å². The second-order valence-electron chi connectivity index (χ2n) is 12.2. The summed E-state index contributed by atoms with van der Waals surface area (Å²) in [5.41, 5.74) is -0.214. The monoisotopic (exact) mass is 678 g/mol. The second-order valence-corrected chi connectivity index (χ2v) is 12.2. The van der Waals surface area contributed by atoms with Crippen LogP contribution in [0.4, 0.5) is 30.6 Å². The van der Waals surface area contributed by atoms with Gasteiger partial charge in [-0.25, -0.2) is 4.98 Å².